The molecule has 0 saturated carbocycles. The number of ether oxygens (including phenoxy) is 1. The molecule has 3 aliphatic heterocycles. The molecule has 16 heteroatoms. The van der Waals surface area contributed by atoms with Gasteiger partial charge in [0.15, 0.2) is 0 Å². The second-order valence-corrected chi connectivity index (χ2v) is 9.89. The molecule has 38 heavy (non-hydrogen) atoms. The predicted octanol–water partition coefficient (Wildman–Crippen LogP) is 2.77. The second kappa shape index (κ2) is 13.6. The van der Waals surface area contributed by atoms with Crippen LogP contribution in [0.25, 0.3) is 0 Å². The summed E-state index contributed by atoms with van der Waals surface area (Å²) in [4.78, 5) is 37.1. The Morgan fingerprint density at radius 3 is 2.00 bits per heavy atom. The summed E-state index contributed by atoms with van der Waals surface area (Å²) in [6.45, 7) is 6.86. The van der Waals surface area contributed by atoms with E-state index < -0.39 is 24.3 Å². The Morgan fingerprint density at radius 2 is 1.55 bits per heavy atom. The van der Waals surface area contributed by atoms with Gasteiger partial charge in [0.05, 0.1) is 18.6 Å². The van der Waals surface area contributed by atoms with Gasteiger partial charge < -0.3 is 24.7 Å². The molecule has 1 aromatic heterocycles. The number of alkyl halides is 6. The number of nitrogens with zero attached hydrogens (tertiary/aromatic N) is 3. The highest BCUT2D eigenvalue weighted by molar-refractivity contribution is 7.07. The molecular formula is C22H29F6N3O6S. The maximum atomic E-state index is 12.5. The summed E-state index contributed by atoms with van der Waals surface area (Å²) in [7, 11) is 2.12. The fraction of sp³-hybridized carbons (Fsp3) is 0.682. The molecular weight excluding hydrogens is 548 g/mol. The Kier molecular flexibility index (Phi) is 11.4. The molecule has 0 unspecified atom stereocenters. The minimum absolute atomic E-state index is 0.135. The van der Waals surface area contributed by atoms with Crippen LogP contribution in [-0.2, 0) is 25.7 Å². The van der Waals surface area contributed by atoms with Crippen LogP contribution in [0.2, 0.25) is 0 Å². The lowest BCUT2D eigenvalue weighted by atomic mass is 10.0. The minimum atomic E-state index is -5.08. The van der Waals surface area contributed by atoms with Crippen molar-refractivity contribution in [3.63, 3.8) is 0 Å². The summed E-state index contributed by atoms with van der Waals surface area (Å²) >= 11 is 1.76. The summed E-state index contributed by atoms with van der Waals surface area (Å²) in [5, 5.41) is 18.6. The van der Waals surface area contributed by atoms with E-state index in [2.05, 4.69) is 33.7 Å². The molecule has 0 aliphatic carbocycles. The van der Waals surface area contributed by atoms with E-state index in [9.17, 15) is 31.1 Å². The lowest BCUT2D eigenvalue weighted by molar-refractivity contribution is -0.193. The first-order valence-corrected chi connectivity index (χ1v) is 12.5. The molecule has 4 heterocycles. The summed E-state index contributed by atoms with van der Waals surface area (Å²) in [6, 6.07) is 2.21. The van der Waals surface area contributed by atoms with Gasteiger partial charge in [0.1, 0.15) is 0 Å². The fourth-order valence-electron chi connectivity index (χ4n) is 4.23. The summed E-state index contributed by atoms with van der Waals surface area (Å²) in [6.07, 6.45) is -8.09. The van der Waals surface area contributed by atoms with E-state index in [0.717, 1.165) is 52.2 Å². The quantitative estimate of drug-likeness (QED) is 0.526. The zero-order chi connectivity index (χ0) is 28.7. The Bertz CT molecular complexity index is 884. The maximum absolute atomic E-state index is 12.5. The van der Waals surface area contributed by atoms with Crippen LogP contribution in [-0.4, -0.2) is 114 Å². The van der Waals surface area contributed by atoms with Gasteiger partial charge in [-0.15, -0.1) is 0 Å². The van der Waals surface area contributed by atoms with Gasteiger partial charge >= 0.3 is 24.3 Å². The van der Waals surface area contributed by atoms with E-state index in [0.29, 0.717) is 18.4 Å². The first kappa shape index (κ1) is 31.8. The summed E-state index contributed by atoms with van der Waals surface area (Å²) < 4.78 is 69.7. The van der Waals surface area contributed by atoms with Crippen molar-refractivity contribution in [3.8, 4) is 0 Å². The van der Waals surface area contributed by atoms with Crippen molar-refractivity contribution in [1.29, 1.82) is 0 Å². The van der Waals surface area contributed by atoms with Crippen molar-refractivity contribution >= 4 is 29.2 Å². The van der Waals surface area contributed by atoms with Gasteiger partial charge in [0.25, 0.3) is 0 Å². The fourth-order valence-corrected chi connectivity index (χ4v) is 4.89. The molecule has 216 valence electrons. The minimum Gasteiger partial charge on any atom is -0.475 e. The number of piperazine rings is 1. The van der Waals surface area contributed by atoms with Gasteiger partial charge in [0.2, 0.25) is 5.91 Å². The van der Waals surface area contributed by atoms with Crippen LogP contribution in [0.5, 0.6) is 0 Å². The standard InChI is InChI=1S/C18H27N3O2S.2C2HF3O2/c1-19-3-5-21(6-4-19)18(22)9-16-8-15-11-20(12-17(15)23-16)10-14-2-7-24-13-14;2*3-2(4,5)1(6)7/h2,7,13,15-17H,3-6,8-12H2,1H3;2*(H,6,7)/t15-,16-,17+;;/m0../s1. The third kappa shape index (κ3) is 10.4. The van der Waals surface area contributed by atoms with Gasteiger partial charge in [-0.05, 0) is 35.9 Å². The first-order valence-electron chi connectivity index (χ1n) is 11.5. The molecule has 4 rings (SSSR count). The van der Waals surface area contributed by atoms with E-state index in [1.54, 1.807) is 11.3 Å². The molecule has 1 aromatic rings. The van der Waals surface area contributed by atoms with Crippen molar-refractivity contribution in [2.75, 3.05) is 46.3 Å². The normalized spacial score (nSPS) is 24.1. The zero-order valence-electron chi connectivity index (χ0n) is 20.4. The smallest absolute Gasteiger partial charge is 0.475 e. The number of hydrogen-bond acceptors (Lipinski definition) is 7. The third-order valence-corrected chi connectivity index (χ3v) is 6.85. The summed E-state index contributed by atoms with van der Waals surface area (Å²) in [5.41, 5.74) is 1.40. The van der Waals surface area contributed by atoms with E-state index >= 15 is 0 Å². The predicted molar refractivity (Wildman–Crippen MR) is 122 cm³/mol. The van der Waals surface area contributed by atoms with Crippen molar-refractivity contribution in [3.05, 3.63) is 22.4 Å². The lowest BCUT2D eigenvalue weighted by Crippen LogP contribution is -2.47. The number of rotatable bonds is 4. The average Bonchev–Trinajstić information content (AvgIpc) is 3.51. The second-order valence-electron chi connectivity index (χ2n) is 9.11. The molecule has 3 saturated heterocycles. The van der Waals surface area contributed by atoms with E-state index in [1.807, 2.05) is 4.90 Å². The molecule has 3 fully saturated rings. The lowest BCUT2D eigenvalue weighted by Gasteiger charge is -2.33. The van der Waals surface area contributed by atoms with Crippen molar-refractivity contribution in [1.82, 2.24) is 14.7 Å². The number of likely N-dealkylation sites (tertiary alicyclic amines) is 1. The highest BCUT2D eigenvalue weighted by atomic mass is 32.1. The highest BCUT2D eigenvalue weighted by Gasteiger charge is 2.43. The molecule has 0 radical (unpaired) electrons. The number of carboxylic acids is 2. The Hall–Kier alpha value is -2.43. The Labute approximate surface area is 218 Å². The number of carboxylic acid groups (broad SMARTS) is 2. The molecule has 0 bridgehead atoms. The zero-order valence-corrected chi connectivity index (χ0v) is 21.2. The molecule has 0 spiro atoms. The van der Waals surface area contributed by atoms with Crippen LogP contribution in [0.1, 0.15) is 18.4 Å². The highest BCUT2D eigenvalue weighted by Crippen LogP contribution is 2.35. The molecule has 3 aliphatic rings. The summed E-state index contributed by atoms with van der Waals surface area (Å²) in [5.74, 6) is -4.63. The number of likely N-dealkylation sites (N-methyl/N-ethyl adjacent to an activating group) is 1. The Balaban J connectivity index is 0.000000301. The van der Waals surface area contributed by atoms with Crippen LogP contribution in [0.15, 0.2) is 16.8 Å². The van der Waals surface area contributed by atoms with E-state index in [1.165, 1.54) is 5.56 Å². The van der Waals surface area contributed by atoms with E-state index in [4.69, 9.17) is 24.5 Å². The van der Waals surface area contributed by atoms with Gasteiger partial charge in [-0.1, -0.05) is 0 Å². The van der Waals surface area contributed by atoms with E-state index in [-0.39, 0.29) is 12.0 Å². The van der Waals surface area contributed by atoms with Gasteiger partial charge in [-0.3, -0.25) is 9.69 Å². The SMILES string of the molecule is CN1CCN(C(=O)C[C@@H]2C[C@H]3CN(Cc4ccsc4)C[C@H]3O2)CC1.O=C(O)C(F)(F)F.O=C(O)C(F)(F)F. The number of amides is 1. The van der Waals surface area contributed by atoms with Gasteiger partial charge in [-0.2, -0.15) is 37.7 Å². The van der Waals surface area contributed by atoms with Gasteiger partial charge in [-0.25, -0.2) is 9.59 Å². The number of carbonyl (C=O) groups excluding carboxylic acids is 1. The number of halogens is 6. The first-order chi connectivity index (χ1) is 17.6. The van der Waals surface area contributed by atoms with Crippen LogP contribution in [0, 0.1) is 5.92 Å². The molecule has 3 atom stereocenters. The van der Waals surface area contributed by atoms with Crippen LogP contribution in [0.4, 0.5) is 26.3 Å². The molecule has 2 N–H and O–H groups in total. The third-order valence-electron chi connectivity index (χ3n) is 6.12. The van der Waals surface area contributed by atoms with Crippen LogP contribution in [0.3, 0.4) is 0 Å². The number of thiophene rings is 1. The van der Waals surface area contributed by atoms with Crippen molar-refractivity contribution < 1.29 is 55.7 Å². The number of aliphatic carboxylic acids is 2. The maximum Gasteiger partial charge on any atom is 0.490 e. The average molecular weight is 578 g/mol. The van der Waals surface area contributed by atoms with Crippen LogP contribution < -0.4 is 0 Å². The molecule has 9 nitrogen and oxygen atoms in total. The van der Waals surface area contributed by atoms with Gasteiger partial charge in [0, 0.05) is 51.7 Å². The number of hydrogen-bond donors (Lipinski definition) is 2. The van der Waals surface area contributed by atoms with Crippen molar-refractivity contribution in [2.24, 2.45) is 5.92 Å². The topological polar surface area (TPSA) is 111 Å². The number of fused-ring (bicyclic) bond motifs is 1. The Morgan fingerprint density at radius 1 is 1.00 bits per heavy atom. The molecule has 0 aromatic carbocycles. The number of carbonyl (C=O) groups is 3. The van der Waals surface area contributed by atoms with Crippen LogP contribution >= 0.6 is 11.3 Å². The van der Waals surface area contributed by atoms with Crippen molar-refractivity contribution in [2.45, 2.75) is 43.9 Å². The largest absolute Gasteiger partial charge is 0.490 e. The molecule has 1 amide bonds. The monoisotopic (exact) mass is 577 g/mol.